The second-order valence-corrected chi connectivity index (χ2v) is 6.66. The Labute approximate surface area is 148 Å². The summed E-state index contributed by atoms with van der Waals surface area (Å²) in [4.78, 5) is 37.3. The Morgan fingerprint density at radius 2 is 1.76 bits per heavy atom. The quantitative estimate of drug-likeness (QED) is 0.790. The van der Waals surface area contributed by atoms with Crippen molar-refractivity contribution in [2.75, 3.05) is 20.7 Å². The summed E-state index contributed by atoms with van der Waals surface area (Å²) in [5.74, 6) is -0.938. The van der Waals surface area contributed by atoms with E-state index in [4.69, 9.17) is 4.74 Å². The topological polar surface area (TPSA) is 84.9 Å². The number of carbonyl (C=O) groups is 3. The zero-order chi connectivity index (χ0) is 19.0. The van der Waals surface area contributed by atoms with Crippen LogP contribution in [0.1, 0.15) is 26.3 Å². The summed E-state index contributed by atoms with van der Waals surface area (Å²) in [5.41, 5.74) is 0.200. The van der Waals surface area contributed by atoms with Crippen LogP contribution in [0.3, 0.4) is 0 Å². The van der Waals surface area contributed by atoms with E-state index in [0.717, 1.165) is 5.56 Å². The van der Waals surface area contributed by atoms with E-state index < -0.39 is 29.6 Å². The standard InChI is InChI=1S/C18H26N2O5/c1-18(2,3)25-17(23)19-14(11-13-9-7-6-8-10-13)16(22)20(4)12-15(21)24-5/h6-10,14H,11-12H2,1-5H3,(H,19,23). The highest BCUT2D eigenvalue weighted by molar-refractivity contribution is 5.88. The second-order valence-electron chi connectivity index (χ2n) is 6.66. The van der Waals surface area contributed by atoms with Crippen LogP contribution in [-0.4, -0.2) is 55.2 Å². The number of amides is 2. The Morgan fingerprint density at radius 1 is 1.16 bits per heavy atom. The number of ether oxygens (including phenoxy) is 2. The van der Waals surface area contributed by atoms with Crippen LogP contribution in [-0.2, 0) is 25.5 Å². The van der Waals surface area contributed by atoms with Crippen LogP contribution in [0.25, 0.3) is 0 Å². The van der Waals surface area contributed by atoms with Crippen molar-refractivity contribution in [3.05, 3.63) is 35.9 Å². The van der Waals surface area contributed by atoms with Gasteiger partial charge in [-0.15, -0.1) is 0 Å². The summed E-state index contributed by atoms with van der Waals surface area (Å²) in [7, 11) is 2.73. The molecule has 0 saturated carbocycles. The highest BCUT2D eigenvalue weighted by Crippen LogP contribution is 2.10. The predicted molar refractivity (Wildman–Crippen MR) is 93.0 cm³/mol. The van der Waals surface area contributed by atoms with Crippen LogP contribution in [0.4, 0.5) is 4.79 Å². The van der Waals surface area contributed by atoms with Crippen LogP contribution in [0, 0.1) is 0 Å². The van der Waals surface area contributed by atoms with Crippen LogP contribution < -0.4 is 5.32 Å². The first-order valence-corrected chi connectivity index (χ1v) is 7.97. The Morgan fingerprint density at radius 3 is 2.28 bits per heavy atom. The van der Waals surface area contributed by atoms with E-state index >= 15 is 0 Å². The van der Waals surface area contributed by atoms with Crippen molar-refractivity contribution in [1.82, 2.24) is 10.2 Å². The fourth-order valence-electron chi connectivity index (χ4n) is 2.10. The maximum Gasteiger partial charge on any atom is 0.408 e. The molecule has 0 aromatic heterocycles. The molecule has 1 atom stereocenters. The van der Waals surface area contributed by atoms with Crippen molar-refractivity contribution in [3.63, 3.8) is 0 Å². The van der Waals surface area contributed by atoms with Crippen LogP contribution in [0.15, 0.2) is 30.3 Å². The van der Waals surface area contributed by atoms with Gasteiger partial charge in [-0.05, 0) is 26.3 Å². The van der Waals surface area contributed by atoms with Gasteiger partial charge >= 0.3 is 12.1 Å². The zero-order valence-corrected chi connectivity index (χ0v) is 15.4. The minimum atomic E-state index is -0.855. The average molecular weight is 350 g/mol. The number of alkyl carbamates (subject to hydrolysis) is 1. The third-order valence-electron chi connectivity index (χ3n) is 3.24. The molecule has 25 heavy (non-hydrogen) atoms. The molecule has 2 amide bonds. The van der Waals surface area contributed by atoms with Gasteiger partial charge in [0.2, 0.25) is 5.91 Å². The molecule has 1 unspecified atom stereocenters. The number of carbonyl (C=O) groups excluding carboxylic acids is 3. The maximum atomic E-state index is 12.6. The largest absolute Gasteiger partial charge is 0.468 e. The lowest BCUT2D eigenvalue weighted by Crippen LogP contribution is -2.50. The number of methoxy groups -OCH3 is 1. The third-order valence-corrected chi connectivity index (χ3v) is 3.24. The van der Waals surface area contributed by atoms with Gasteiger partial charge in [-0.2, -0.15) is 0 Å². The number of nitrogens with zero attached hydrogens (tertiary/aromatic N) is 1. The summed E-state index contributed by atoms with van der Waals surface area (Å²) >= 11 is 0. The molecule has 0 radical (unpaired) electrons. The number of benzene rings is 1. The molecule has 0 heterocycles. The van der Waals surface area contributed by atoms with Gasteiger partial charge in [0.15, 0.2) is 0 Å². The lowest BCUT2D eigenvalue weighted by molar-refractivity contribution is -0.146. The Balaban J connectivity index is 2.88. The number of rotatable bonds is 6. The van der Waals surface area contributed by atoms with E-state index in [1.807, 2.05) is 30.3 Å². The molecule has 0 aliphatic heterocycles. The van der Waals surface area contributed by atoms with E-state index in [0.29, 0.717) is 0 Å². The normalized spacial score (nSPS) is 12.0. The Kier molecular flexibility index (Phi) is 7.42. The van der Waals surface area contributed by atoms with Crippen molar-refractivity contribution in [2.45, 2.75) is 38.8 Å². The molecule has 0 bridgehead atoms. The fourth-order valence-corrected chi connectivity index (χ4v) is 2.10. The lowest BCUT2D eigenvalue weighted by atomic mass is 10.0. The number of nitrogens with one attached hydrogen (secondary N) is 1. The van der Waals surface area contributed by atoms with E-state index in [1.54, 1.807) is 20.8 Å². The fraction of sp³-hybridized carbons (Fsp3) is 0.500. The molecule has 0 spiro atoms. The molecule has 138 valence electrons. The van der Waals surface area contributed by atoms with E-state index in [2.05, 4.69) is 10.1 Å². The highest BCUT2D eigenvalue weighted by atomic mass is 16.6. The number of hydrogen-bond acceptors (Lipinski definition) is 5. The van der Waals surface area contributed by atoms with Gasteiger partial charge in [-0.3, -0.25) is 9.59 Å². The van der Waals surface area contributed by atoms with E-state index in [9.17, 15) is 14.4 Å². The van der Waals surface area contributed by atoms with E-state index in [1.165, 1.54) is 19.1 Å². The molecule has 1 rings (SSSR count). The SMILES string of the molecule is COC(=O)CN(C)C(=O)C(Cc1ccccc1)NC(=O)OC(C)(C)C. The van der Waals surface area contributed by atoms with Gasteiger partial charge in [-0.25, -0.2) is 4.79 Å². The smallest absolute Gasteiger partial charge is 0.408 e. The first-order chi connectivity index (χ1) is 11.6. The molecule has 1 N–H and O–H groups in total. The molecular formula is C18H26N2O5. The molecule has 0 saturated heterocycles. The lowest BCUT2D eigenvalue weighted by Gasteiger charge is -2.26. The van der Waals surface area contributed by atoms with E-state index in [-0.39, 0.29) is 13.0 Å². The Bertz CT molecular complexity index is 595. The molecule has 7 nitrogen and oxygen atoms in total. The van der Waals surface area contributed by atoms with Gasteiger partial charge in [0.05, 0.1) is 7.11 Å². The summed E-state index contributed by atoms with van der Waals surface area (Å²) in [6.45, 7) is 5.02. The minimum Gasteiger partial charge on any atom is -0.468 e. The Hall–Kier alpha value is -2.57. The van der Waals surface area contributed by atoms with Gasteiger partial charge in [-0.1, -0.05) is 30.3 Å². The molecule has 0 aliphatic carbocycles. The number of likely N-dealkylation sites (N-methyl/N-ethyl adjacent to an activating group) is 1. The summed E-state index contributed by atoms with van der Waals surface area (Å²) in [5, 5.41) is 2.59. The molecule has 1 aromatic rings. The number of hydrogen-bond donors (Lipinski definition) is 1. The predicted octanol–water partition coefficient (Wildman–Crippen LogP) is 1.75. The minimum absolute atomic E-state index is 0.198. The molecule has 0 fully saturated rings. The summed E-state index contributed by atoms with van der Waals surface area (Å²) < 4.78 is 9.80. The van der Waals surface area contributed by atoms with Crippen molar-refractivity contribution in [1.29, 1.82) is 0 Å². The van der Waals surface area contributed by atoms with Crippen molar-refractivity contribution in [2.24, 2.45) is 0 Å². The van der Waals surface area contributed by atoms with Gasteiger partial charge < -0.3 is 19.7 Å². The van der Waals surface area contributed by atoms with Gasteiger partial charge in [0.25, 0.3) is 0 Å². The summed E-state index contributed by atoms with van der Waals surface area (Å²) in [6.07, 6.45) is -0.405. The monoisotopic (exact) mass is 350 g/mol. The van der Waals surface area contributed by atoms with Crippen LogP contribution in [0.2, 0.25) is 0 Å². The molecular weight excluding hydrogens is 324 g/mol. The number of esters is 1. The first kappa shape index (κ1) is 20.5. The molecule has 7 heteroatoms. The van der Waals surface area contributed by atoms with Gasteiger partial charge in [0.1, 0.15) is 18.2 Å². The first-order valence-electron chi connectivity index (χ1n) is 7.97. The van der Waals surface area contributed by atoms with Crippen LogP contribution in [0.5, 0.6) is 0 Å². The highest BCUT2D eigenvalue weighted by Gasteiger charge is 2.27. The van der Waals surface area contributed by atoms with Crippen molar-refractivity contribution < 1.29 is 23.9 Å². The summed E-state index contributed by atoms with van der Waals surface area (Å²) in [6, 6.07) is 8.43. The zero-order valence-electron chi connectivity index (χ0n) is 15.4. The van der Waals surface area contributed by atoms with Crippen LogP contribution >= 0.6 is 0 Å². The van der Waals surface area contributed by atoms with Gasteiger partial charge in [0, 0.05) is 13.5 Å². The second kappa shape index (κ2) is 9.05. The maximum absolute atomic E-state index is 12.6. The van der Waals surface area contributed by atoms with Crippen molar-refractivity contribution in [3.8, 4) is 0 Å². The average Bonchev–Trinajstić information content (AvgIpc) is 2.52. The third kappa shape index (κ3) is 7.69. The van der Waals surface area contributed by atoms with Crippen molar-refractivity contribution >= 4 is 18.0 Å². The molecule has 1 aromatic carbocycles. The molecule has 0 aliphatic rings.